The minimum absolute atomic E-state index is 0.262. The molecular formula is C24H21ClN4O4S2. The number of hydrogen-bond acceptors (Lipinski definition) is 7. The zero-order valence-corrected chi connectivity index (χ0v) is 21.0. The van der Waals surface area contributed by atoms with Crippen molar-refractivity contribution in [3.05, 3.63) is 89.4 Å². The van der Waals surface area contributed by atoms with Crippen LogP contribution in [0.5, 0.6) is 5.75 Å². The minimum Gasteiger partial charge on any atom is -0.489 e. The Morgan fingerprint density at radius 2 is 1.69 bits per heavy atom. The normalized spacial score (nSPS) is 11.1. The van der Waals surface area contributed by atoms with Crippen molar-refractivity contribution in [1.82, 2.24) is 10.2 Å². The van der Waals surface area contributed by atoms with Crippen LogP contribution in [0.2, 0.25) is 5.02 Å². The van der Waals surface area contributed by atoms with E-state index in [1.807, 2.05) is 30.3 Å². The van der Waals surface area contributed by atoms with Crippen LogP contribution in [0.15, 0.2) is 78.9 Å². The molecule has 0 unspecified atom stereocenters. The van der Waals surface area contributed by atoms with Crippen LogP contribution in [0.4, 0.5) is 10.8 Å². The molecule has 0 fully saturated rings. The Bertz CT molecular complexity index is 1390. The van der Waals surface area contributed by atoms with E-state index in [-0.39, 0.29) is 5.13 Å². The molecule has 180 valence electrons. The molecule has 0 aliphatic heterocycles. The number of nitrogens with zero attached hydrogens (tertiary/aromatic N) is 3. The molecule has 1 N–H and O–H groups in total. The van der Waals surface area contributed by atoms with E-state index in [4.69, 9.17) is 16.3 Å². The number of benzene rings is 3. The average molecular weight is 529 g/mol. The van der Waals surface area contributed by atoms with Gasteiger partial charge in [-0.05, 0) is 42.0 Å². The molecule has 0 aliphatic carbocycles. The fourth-order valence-corrected chi connectivity index (χ4v) is 4.87. The second-order valence-electron chi connectivity index (χ2n) is 7.51. The lowest BCUT2D eigenvalue weighted by Crippen LogP contribution is -2.37. The summed E-state index contributed by atoms with van der Waals surface area (Å²) in [6, 6.07) is 23.3. The van der Waals surface area contributed by atoms with Gasteiger partial charge >= 0.3 is 0 Å². The Balaban J connectivity index is 1.41. The van der Waals surface area contributed by atoms with Crippen LogP contribution in [0.25, 0.3) is 10.6 Å². The molecule has 1 heterocycles. The van der Waals surface area contributed by atoms with Crippen LogP contribution in [-0.4, -0.2) is 37.3 Å². The summed E-state index contributed by atoms with van der Waals surface area (Å²) in [7, 11) is -3.73. The Labute approximate surface area is 212 Å². The third kappa shape index (κ3) is 6.78. The van der Waals surface area contributed by atoms with Gasteiger partial charge in [-0.15, -0.1) is 10.2 Å². The maximum atomic E-state index is 12.6. The van der Waals surface area contributed by atoms with Crippen molar-refractivity contribution in [2.75, 3.05) is 22.4 Å². The van der Waals surface area contributed by atoms with Gasteiger partial charge in [0.25, 0.3) is 0 Å². The van der Waals surface area contributed by atoms with E-state index in [0.29, 0.717) is 28.1 Å². The number of carbonyl (C=O) groups is 1. The van der Waals surface area contributed by atoms with E-state index in [2.05, 4.69) is 15.5 Å². The van der Waals surface area contributed by atoms with E-state index in [0.717, 1.165) is 21.7 Å². The molecular weight excluding hydrogens is 508 g/mol. The van der Waals surface area contributed by atoms with Gasteiger partial charge in [-0.1, -0.05) is 65.4 Å². The summed E-state index contributed by atoms with van der Waals surface area (Å²) >= 11 is 7.08. The predicted molar refractivity (Wildman–Crippen MR) is 138 cm³/mol. The number of rotatable bonds is 9. The summed E-state index contributed by atoms with van der Waals surface area (Å²) < 4.78 is 31.6. The van der Waals surface area contributed by atoms with Crippen molar-refractivity contribution in [3.8, 4) is 16.3 Å². The SMILES string of the molecule is CS(=O)(=O)N(CC(=O)Nc1nnc(-c2ccc(Cl)cc2)s1)c1ccc(OCc2ccccc2)cc1. The first kappa shape index (κ1) is 24.6. The molecule has 0 aliphatic rings. The smallest absolute Gasteiger partial charge is 0.246 e. The highest BCUT2D eigenvalue weighted by Crippen LogP contribution is 2.28. The summed E-state index contributed by atoms with van der Waals surface area (Å²) in [4.78, 5) is 12.6. The van der Waals surface area contributed by atoms with Crippen LogP contribution in [0, 0.1) is 0 Å². The van der Waals surface area contributed by atoms with Crippen molar-refractivity contribution < 1.29 is 17.9 Å². The summed E-state index contributed by atoms with van der Waals surface area (Å²) in [5.74, 6) is 0.0396. The number of carbonyl (C=O) groups excluding carboxylic acids is 1. The van der Waals surface area contributed by atoms with Gasteiger partial charge in [0.2, 0.25) is 21.1 Å². The highest BCUT2D eigenvalue weighted by molar-refractivity contribution is 7.92. The second-order valence-corrected chi connectivity index (χ2v) is 10.8. The molecule has 8 nitrogen and oxygen atoms in total. The number of amides is 1. The second kappa shape index (κ2) is 10.9. The van der Waals surface area contributed by atoms with Crippen LogP contribution in [-0.2, 0) is 21.4 Å². The van der Waals surface area contributed by atoms with Crippen LogP contribution < -0.4 is 14.4 Å². The Hall–Kier alpha value is -3.47. The number of anilines is 2. The maximum Gasteiger partial charge on any atom is 0.246 e. The van der Waals surface area contributed by atoms with Crippen molar-refractivity contribution in [2.24, 2.45) is 0 Å². The Morgan fingerprint density at radius 1 is 1.00 bits per heavy atom. The zero-order valence-electron chi connectivity index (χ0n) is 18.6. The molecule has 0 radical (unpaired) electrons. The zero-order chi connectivity index (χ0) is 24.8. The highest BCUT2D eigenvalue weighted by Gasteiger charge is 2.22. The Kier molecular flexibility index (Phi) is 7.64. The first-order valence-electron chi connectivity index (χ1n) is 10.4. The van der Waals surface area contributed by atoms with Gasteiger partial charge in [0.15, 0.2) is 0 Å². The molecule has 1 aromatic heterocycles. The maximum absolute atomic E-state index is 12.6. The minimum atomic E-state index is -3.73. The molecule has 35 heavy (non-hydrogen) atoms. The molecule has 0 bridgehead atoms. The van der Waals surface area contributed by atoms with Gasteiger partial charge < -0.3 is 4.74 Å². The average Bonchev–Trinajstić information content (AvgIpc) is 3.30. The van der Waals surface area contributed by atoms with Crippen molar-refractivity contribution in [3.63, 3.8) is 0 Å². The topological polar surface area (TPSA) is 101 Å². The monoisotopic (exact) mass is 528 g/mol. The lowest BCUT2D eigenvalue weighted by atomic mass is 10.2. The third-order valence-electron chi connectivity index (χ3n) is 4.82. The fourth-order valence-electron chi connectivity index (χ4n) is 3.12. The third-order valence-corrected chi connectivity index (χ3v) is 7.10. The predicted octanol–water partition coefficient (Wildman–Crippen LogP) is 4.84. The van der Waals surface area contributed by atoms with Crippen molar-refractivity contribution in [1.29, 1.82) is 0 Å². The van der Waals surface area contributed by atoms with Gasteiger partial charge in [0, 0.05) is 10.6 Å². The van der Waals surface area contributed by atoms with Gasteiger partial charge in [-0.25, -0.2) is 8.42 Å². The lowest BCUT2D eigenvalue weighted by Gasteiger charge is -2.21. The number of hydrogen-bond donors (Lipinski definition) is 1. The summed E-state index contributed by atoms with van der Waals surface area (Å²) in [5, 5.41) is 12.1. The molecule has 11 heteroatoms. The van der Waals surface area contributed by atoms with E-state index in [1.54, 1.807) is 48.5 Å². The number of ether oxygens (including phenoxy) is 1. The van der Waals surface area contributed by atoms with E-state index in [1.165, 1.54) is 11.3 Å². The van der Waals surface area contributed by atoms with Gasteiger partial charge in [0.1, 0.15) is 23.9 Å². The largest absolute Gasteiger partial charge is 0.489 e. The fraction of sp³-hybridized carbons (Fsp3) is 0.125. The van der Waals surface area contributed by atoms with E-state index < -0.39 is 22.5 Å². The molecule has 0 atom stereocenters. The molecule has 0 saturated carbocycles. The van der Waals surface area contributed by atoms with Gasteiger partial charge in [0.05, 0.1) is 11.9 Å². The van der Waals surface area contributed by atoms with Gasteiger partial charge in [-0.3, -0.25) is 14.4 Å². The number of halogens is 1. The van der Waals surface area contributed by atoms with E-state index >= 15 is 0 Å². The standard InChI is InChI=1S/C24H21ClN4O4S2/c1-35(31,32)29(20-11-13-21(14-12-20)33-16-17-5-3-2-4-6-17)15-22(30)26-24-28-27-23(34-24)18-7-9-19(25)10-8-18/h2-14H,15-16H2,1H3,(H,26,28,30). The summed E-state index contributed by atoms with van der Waals surface area (Å²) in [6.45, 7) is -0.0306. The van der Waals surface area contributed by atoms with Gasteiger partial charge in [-0.2, -0.15) is 0 Å². The molecule has 3 aromatic carbocycles. The molecule has 4 aromatic rings. The number of sulfonamides is 1. The first-order chi connectivity index (χ1) is 16.8. The quantitative estimate of drug-likeness (QED) is 0.333. The first-order valence-corrected chi connectivity index (χ1v) is 13.5. The number of aromatic nitrogens is 2. The molecule has 0 saturated heterocycles. The number of nitrogens with one attached hydrogen (secondary N) is 1. The van der Waals surface area contributed by atoms with Crippen molar-refractivity contribution >= 4 is 49.7 Å². The molecule has 1 amide bonds. The molecule has 4 rings (SSSR count). The van der Waals surface area contributed by atoms with Crippen LogP contribution >= 0.6 is 22.9 Å². The Morgan fingerprint density at radius 3 is 2.34 bits per heavy atom. The van der Waals surface area contributed by atoms with Crippen molar-refractivity contribution in [2.45, 2.75) is 6.61 Å². The van der Waals surface area contributed by atoms with Crippen LogP contribution in [0.3, 0.4) is 0 Å². The highest BCUT2D eigenvalue weighted by atomic mass is 35.5. The molecule has 0 spiro atoms. The summed E-state index contributed by atoms with van der Waals surface area (Å²) in [5.41, 5.74) is 2.16. The van der Waals surface area contributed by atoms with Crippen LogP contribution in [0.1, 0.15) is 5.56 Å². The lowest BCUT2D eigenvalue weighted by molar-refractivity contribution is -0.114. The van der Waals surface area contributed by atoms with E-state index in [9.17, 15) is 13.2 Å². The summed E-state index contributed by atoms with van der Waals surface area (Å²) in [6.07, 6.45) is 1.05.